The van der Waals surface area contributed by atoms with Crippen molar-refractivity contribution in [1.29, 1.82) is 0 Å². The molecule has 4 fully saturated rings. The fourth-order valence-electron chi connectivity index (χ4n) is 7.13. The maximum Gasteiger partial charge on any atom is 0.0619 e. The highest BCUT2D eigenvalue weighted by Gasteiger charge is 2.60. The largest absolute Gasteiger partial charge is 0.0805 e. The van der Waals surface area contributed by atoms with E-state index < -0.39 is 0 Å². The number of rotatable bonds is 0. The van der Waals surface area contributed by atoms with Crippen LogP contribution in [0.2, 0.25) is 0 Å². The summed E-state index contributed by atoms with van der Waals surface area (Å²) in [5, 5.41) is 0. The van der Waals surface area contributed by atoms with Gasteiger partial charge in [-0.25, -0.2) is 0 Å². The first kappa shape index (κ1) is 9.11. The van der Waals surface area contributed by atoms with Crippen LogP contribution in [0.4, 0.5) is 0 Å². The van der Waals surface area contributed by atoms with Crippen LogP contribution in [0.15, 0.2) is 48.5 Å². The van der Waals surface area contributed by atoms with E-state index in [0.29, 0.717) is 47.6 Å². The van der Waals surface area contributed by atoms with Crippen LogP contribution in [-0.4, -0.2) is 0 Å². The van der Waals surface area contributed by atoms with Gasteiger partial charge in [0.1, 0.15) is 0 Å². The van der Waals surface area contributed by atoms with E-state index in [-0.39, 0.29) is 23.9 Å². The molecule has 0 heteroatoms. The molecule has 0 saturated heterocycles. The van der Waals surface area contributed by atoms with Gasteiger partial charge >= 0.3 is 0 Å². The number of benzene rings is 1. The monoisotopic (exact) mass is 292 g/mol. The first-order valence-corrected chi connectivity index (χ1v) is 9.03. The van der Waals surface area contributed by atoms with Crippen molar-refractivity contribution in [3.05, 3.63) is 59.6 Å². The summed E-state index contributed by atoms with van der Waals surface area (Å²) in [7, 11) is 0. The summed E-state index contributed by atoms with van der Waals surface area (Å²) in [6.07, 6.45) is 4.83. The smallest absolute Gasteiger partial charge is 0.0619 e. The second kappa shape index (κ2) is 4.16. The summed E-state index contributed by atoms with van der Waals surface area (Å²) in [5.74, 6) is 3.36. The third-order valence-electron chi connectivity index (χ3n) is 7.63. The zero-order chi connectivity index (χ0) is 17.7. The predicted octanol–water partition coefficient (Wildman–Crippen LogP) is 5.29. The zero-order valence-corrected chi connectivity index (χ0v) is 12.8. The molecule has 7 aliphatic rings. The topological polar surface area (TPSA) is 0 Å². The highest BCUT2D eigenvalue weighted by molar-refractivity contribution is 5.42. The minimum Gasteiger partial charge on any atom is -0.0805 e. The molecule has 7 aliphatic carbocycles. The number of allylic oxidation sites excluding steroid dienone is 4. The SMILES string of the molecule is [2H]C1=C([2H])[C@@H]2[C@@H]3CC[C@H]([C@@H]2C([2H])=C1[2H])[C@H]1[C@@H]3[C@@H]2CC[C@H]1c1ccccc12. The van der Waals surface area contributed by atoms with Gasteiger partial charge in [0.05, 0.1) is 5.48 Å². The summed E-state index contributed by atoms with van der Waals surface area (Å²) in [6.45, 7) is 0. The van der Waals surface area contributed by atoms with Crippen molar-refractivity contribution >= 4 is 0 Å². The Labute approximate surface area is 138 Å². The van der Waals surface area contributed by atoms with Gasteiger partial charge in [0.15, 0.2) is 0 Å². The Morgan fingerprint density at radius 1 is 0.727 bits per heavy atom. The van der Waals surface area contributed by atoms with E-state index >= 15 is 0 Å². The molecule has 1 aromatic carbocycles. The molecule has 0 aliphatic heterocycles. The zero-order valence-electron chi connectivity index (χ0n) is 16.8. The molecule has 22 heavy (non-hydrogen) atoms. The summed E-state index contributed by atoms with van der Waals surface area (Å²) in [5.41, 5.74) is 3.10. The molecule has 0 spiro atoms. The Kier molecular flexibility index (Phi) is 1.72. The lowest BCUT2D eigenvalue weighted by molar-refractivity contribution is -0.0899. The second-order valence-corrected chi connectivity index (χ2v) is 8.07. The van der Waals surface area contributed by atoms with Gasteiger partial charge in [-0.15, -0.1) is 0 Å². The Balaban J connectivity index is 1.54. The second-order valence-electron chi connectivity index (χ2n) is 8.07. The van der Waals surface area contributed by atoms with Crippen LogP contribution < -0.4 is 0 Å². The van der Waals surface area contributed by atoms with Gasteiger partial charge in [0.25, 0.3) is 0 Å². The summed E-state index contributed by atoms with van der Waals surface area (Å²) < 4.78 is 33.6. The average molecular weight is 292 g/mol. The molecular weight excluding hydrogens is 264 g/mol. The fourth-order valence-corrected chi connectivity index (χ4v) is 7.13. The van der Waals surface area contributed by atoms with Crippen molar-refractivity contribution in [3.8, 4) is 0 Å². The van der Waals surface area contributed by atoms with Gasteiger partial charge < -0.3 is 0 Å². The van der Waals surface area contributed by atoms with Crippen LogP contribution in [0.25, 0.3) is 0 Å². The number of hydrogen-bond donors (Lipinski definition) is 0. The minimum absolute atomic E-state index is 0.0155. The van der Waals surface area contributed by atoms with Crippen molar-refractivity contribution in [2.75, 3.05) is 0 Å². The Morgan fingerprint density at radius 3 is 1.73 bits per heavy atom. The molecule has 0 nitrogen and oxygen atoms in total. The molecule has 0 radical (unpaired) electrons. The molecule has 0 aromatic heterocycles. The predicted molar refractivity (Wildman–Crippen MR) is 89.6 cm³/mol. The van der Waals surface area contributed by atoms with Gasteiger partial charge in [-0.2, -0.15) is 0 Å². The van der Waals surface area contributed by atoms with Gasteiger partial charge in [-0.05, 0) is 84.2 Å². The van der Waals surface area contributed by atoms with E-state index in [0.717, 1.165) is 12.8 Å². The van der Waals surface area contributed by atoms with Crippen molar-refractivity contribution < 1.29 is 5.48 Å². The van der Waals surface area contributed by atoms with E-state index in [9.17, 15) is 0 Å². The molecule has 4 saturated carbocycles. The van der Waals surface area contributed by atoms with Crippen LogP contribution in [0.3, 0.4) is 0 Å². The maximum atomic E-state index is 8.62. The highest BCUT2D eigenvalue weighted by Crippen LogP contribution is 2.69. The first-order chi connectivity index (χ1) is 12.6. The van der Waals surface area contributed by atoms with Crippen molar-refractivity contribution in [1.82, 2.24) is 0 Å². The van der Waals surface area contributed by atoms with E-state index in [4.69, 9.17) is 5.48 Å². The van der Waals surface area contributed by atoms with E-state index in [1.807, 2.05) is 0 Å². The molecule has 1 aromatic rings. The summed E-state index contributed by atoms with van der Waals surface area (Å²) >= 11 is 0. The molecule has 112 valence electrons. The third kappa shape index (κ3) is 1.32. The quantitative estimate of drug-likeness (QED) is 0.609. The summed E-state index contributed by atoms with van der Waals surface area (Å²) in [6, 6.07) is 9.75. The van der Waals surface area contributed by atoms with E-state index in [1.165, 1.54) is 12.8 Å². The maximum absolute atomic E-state index is 8.62. The first-order valence-electron chi connectivity index (χ1n) is 11.0. The minimum atomic E-state index is 0.0155. The highest BCUT2D eigenvalue weighted by atomic mass is 14.6. The van der Waals surface area contributed by atoms with Crippen molar-refractivity contribution in [3.63, 3.8) is 0 Å². The van der Waals surface area contributed by atoms with Crippen molar-refractivity contribution in [2.24, 2.45) is 35.5 Å². The van der Waals surface area contributed by atoms with Crippen LogP contribution >= 0.6 is 0 Å². The van der Waals surface area contributed by atoms with Crippen LogP contribution in [0, 0.1) is 35.5 Å². The lowest BCUT2D eigenvalue weighted by Gasteiger charge is -2.64. The standard InChI is InChI=1S/C22H24/c1-2-6-14-13(5-1)17-9-10-18(14)22-20-12-11-19(21(17)22)15-7-3-4-8-16(15)20/h1-8,13-14,17-22H,9-12H2/t13-,14+,17-,18+,19+,20-,21-,22+/i1D,2D,5D,6D. The van der Waals surface area contributed by atoms with Crippen LogP contribution in [0.5, 0.6) is 0 Å². The lowest BCUT2D eigenvalue weighted by Crippen LogP contribution is -2.57. The molecule has 0 heterocycles. The molecule has 8 atom stereocenters. The van der Waals surface area contributed by atoms with Gasteiger partial charge in [0, 0.05) is 0 Å². The molecule has 0 unspecified atom stereocenters. The normalized spacial score (nSPS) is 54.0. The van der Waals surface area contributed by atoms with Gasteiger partial charge in [0.2, 0.25) is 0 Å². The molecular formula is C22H24. The third-order valence-corrected chi connectivity index (χ3v) is 7.63. The Morgan fingerprint density at radius 2 is 1.23 bits per heavy atom. The average Bonchev–Trinajstić information content (AvgIpc) is 2.70. The van der Waals surface area contributed by atoms with Gasteiger partial charge in [-0.1, -0.05) is 48.5 Å². The van der Waals surface area contributed by atoms with Gasteiger partial charge in [-0.3, -0.25) is 0 Å². The molecule has 0 N–H and O–H groups in total. The molecule has 8 rings (SSSR count). The van der Waals surface area contributed by atoms with Crippen LogP contribution in [0.1, 0.15) is 54.1 Å². The van der Waals surface area contributed by atoms with E-state index in [1.54, 1.807) is 11.1 Å². The number of fused-ring (bicyclic) bond motifs is 2. The van der Waals surface area contributed by atoms with Crippen molar-refractivity contribution in [2.45, 2.75) is 37.5 Å². The number of hydrogen-bond acceptors (Lipinski definition) is 0. The molecule has 4 bridgehead atoms. The Hall–Kier alpha value is -1.30. The summed E-state index contributed by atoms with van der Waals surface area (Å²) in [4.78, 5) is 0. The molecule has 0 amide bonds. The van der Waals surface area contributed by atoms with Crippen LogP contribution in [-0.2, 0) is 0 Å². The fraction of sp³-hybridized carbons (Fsp3) is 0.545. The lowest BCUT2D eigenvalue weighted by atomic mass is 9.40. The Bertz CT molecular complexity index is 798. The van der Waals surface area contributed by atoms with E-state index in [2.05, 4.69) is 24.3 Å².